The van der Waals surface area contributed by atoms with E-state index in [2.05, 4.69) is 15.0 Å². The second kappa shape index (κ2) is 3.34. The summed E-state index contributed by atoms with van der Waals surface area (Å²) in [5.74, 6) is 0.662. The molecule has 0 spiro atoms. The quantitative estimate of drug-likeness (QED) is 0.649. The summed E-state index contributed by atoms with van der Waals surface area (Å²) in [6.07, 6.45) is 0. The molecule has 0 unspecified atom stereocenters. The topological polar surface area (TPSA) is 61.8 Å². The van der Waals surface area contributed by atoms with E-state index >= 15 is 0 Å². The minimum Gasteiger partial charge on any atom is -0.493 e. The fourth-order valence-electron chi connectivity index (χ4n) is 1.63. The van der Waals surface area contributed by atoms with Gasteiger partial charge in [0.25, 0.3) is 0 Å². The highest BCUT2D eigenvalue weighted by atomic mass is 16.3. The van der Waals surface area contributed by atoms with Crippen LogP contribution in [0.2, 0.25) is 0 Å². The predicted octanol–water partition coefficient (Wildman–Crippen LogP) is 2.33. The van der Waals surface area contributed by atoms with Crippen LogP contribution in [0.25, 0.3) is 22.6 Å². The molecule has 2 N–H and O–H groups in total. The maximum atomic E-state index is 9.30. The number of hydrogen-bond donors (Lipinski definition) is 2. The summed E-state index contributed by atoms with van der Waals surface area (Å²) in [6.45, 7) is 0. The molecule has 0 aliphatic rings. The normalized spacial score (nSPS) is 10.8. The van der Waals surface area contributed by atoms with Crippen LogP contribution in [0.4, 0.5) is 0 Å². The van der Waals surface area contributed by atoms with Crippen LogP contribution in [0.3, 0.4) is 0 Å². The number of pyridine rings is 1. The van der Waals surface area contributed by atoms with E-state index in [-0.39, 0.29) is 5.88 Å². The third-order valence-electron chi connectivity index (χ3n) is 2.37. The number of aromatic nitrogens is 3. The maximum absolute atomic E-state index is 9.30. The molecule has 4 heteroatoms. The molecule has 2 heterocycles. The van der Waals surface area contributed by atoms with Crippen LogP contribution >= 0.6 is 0 Å². The minimum atomic E-state index is -0.00189. The first kappa shape index (κ1) is 8.91. The van der Waals surface area contributed by atoms with Gasteiger partial charge in [0.15, 0.2) is 5.82 Å². The van der Waals surface area contributed by atoms with E-state index in [0.29, 0.717) is 11.5 Å². The van der Waals surface area contributed by atoms with Crippen molar-refractivity contribution in [1.82, 2.24) is 15.0 Å². The molecule has 3 aromatic rings. The number of rotatable bonds is 1. The molecule has 2 aromatic heterocycles. The second-order valence-electron chi connectivity index (χ2n) is 3.48. The van der Waals surface area contributed by atoms with Crippen molar-refractivity contribution in [3.8, 4) is 17.4 Å². The van der Waals surface area contributed by atoms with Crippen molar-refractivity contribution < 1.29 is 5.11 Å². The highest BCUT2D eigenvalue weighted by Crippen LogP contribution is 2.19. The Morgan fingerprint density at radius 3 is 2.62 bits per heavy atom. The van der Waals surface area contributed by atoms with E-state index in [0.717, 1.165) is 11.0 Å². The molecule has 16 heavy (non-hydrogen) atoms. The van der Waals surface area contributed by atoms with Crippen molar-refractivity contribution in [3.05, 3.63) is 42.5 Å². The van der Waals surface area contributed by atoms with Gasteiger partial charge in [-0.2, -0.15) is 0 Å². The molecule has 0 bridgehead atoms. The average molecular weight is 211 g/mol. The predicted molar refractivity (Wildman–Crippen MR) is 61.0 cm³/mol. The molecule has 0 aliphatic carbocycles. The van der Waals surface area contributed by atoms with E-state index in [1.165, 1.54) is 6.07 Å². The van der Waals surface area contributed by atoms with Crippen LogP contribution in [-0.4, -0.2) is 20.1 Å². The van der Waals surface area contributed by atoms with Crippen molar-refractivity contribution >= 4 is 11.0 Å². The lowest BCUT2D eigenvalue weighted by molar-refractivity contribution is 0.454. The Bertz CT molecular complexity index is 612. The summed E-state index contributed by atoms with van der Waals surface area (Å²) < 4.78 is 0. The second-order valence-corrected chi connectivity index (χ2v) is 3.48. The van der Waals surface area contributed by atoms with Crippen LogP contribution < -0.4 is 0 Å². The number of aromatic hydroxyl groups is 1. The third kappa shape index (κ3) is 1.40. The van der Waals surface area contributed by atoms with Crippen molar-refractivity contribution in [1.29, 1.82) is 0 Å². The molecule has 0 aliphatic heterocycles. The Morgan fingerprint density at radius 2 is 1.81 bits per heavy atom. The van der Waals surface area contributed by atoms with Gasteiger partial charge in [0.05, 0.1) is 11.0 Å². The van der Waals surface area contributed by atoms with Gasteiger partial charge in [0, 0.05) is 6.07 Å². The summed E-state index contributed by atoms with van der Waals surface area (Å²) in [5.41, 5.74) is 2.49. The van der Waals surface area contributed by atoms with Crippen molar-refractivity contribution in [2.24, 2.45) is 0 Å². The first-order chi connectivity index (χ1) is 7.83. The average Bonchev–Trinajstić information content (AvgIpc) is 2.72. The number of H-pyrrole nitrogens is 1. The molecule has 78 valence electrons. The van der Waals surface area contributed by atoms with Gasteiger partial charge in [-0.25, -0.2) is 9.97 Å². The van der Waals surface area contributed by atoms with Gasteiger partial charge in [0.1, 0.15) is 5.69 Å². The number of para-hydroxylation sites is 2. The number of nitrogens with one attached hydrogen (secondary N) is 1. The van der Waals surface area contributed by atoms with E-state index in [4.69, 9.17) is 0 Å². The largest absolute Gasteiger partial charge is 0.493 e. The lowest BCUT2D eigenvalue weighted by Gasteiger charge is -1.95. The van der Waals surface area contributed by atoms with Gasteiger partial charge in [-0.05, 0) is 18.2 Å². The first-order valence-electron chi connectivity index (χ1n) is 4.94. The van der Waals surface area contributed by atoms with Crippen LogP contribution in [0.5, 0.6) is 5.88 Å². The van der Waals surface area contributed by atoms with Crippen LogP contribution in [0.15, 0.2) is 42.5 Å². The first-order valence-corrected chi connectivity index (χ1v) is 4.94. The highest BCUT2D eigenvalue weighted by molar-refractivity contribution is 5.78. The van der Waals surface area contributed by atoms with Crippen LogP contribution in [0, 0.1) is 0 Å². The van der Waals surface area contributed by atoms with Gasteiger partial charge in [-0.3, -0.25) is 0 Å². The summed E-state index contributed by atoms with van der Waals surface area (Å²) in [4.78, 5) is 11.5. The van der Waals surface area contributed by atoms with Gasteiger partial charge in [0.2, 0.25) is 5.88 Å². The monoisotopic (exact) mass is 211 g/mol. The lowest BCUT2D eigenvalue weighted by Crippen LogP contribution is -1.84. The fraction of sp³-hybridized carbons (Fsp3) is 0. The number of aromatic amines is 1. The van der Waals surface area contributed by atoms with E-state index in [1.54, 1.807) is 12.1 Å². The Balaban J connectivity index is 2.19. The molecule has 0 fully saturated rings. The number of imidazole rings is 1. The van der Waals surface area contributed by atoms with Crippen LogP contribution in [-0.2, 0) is 0 Å². The lowest BCUT2D eigenvalue weighted by atomic mass is 10.3. The number of benzene rings is 1. The number of fused-ring (bicyclic) bond motifs is 1. The molecular formula is C12H9N3O. The Labute approximate surface area is 91.6 Å². The van der Waals surface area contributed by atoms with Crippen molar-refractivity contribution in [2.45, 2.75) is 0 Å². The van der Waals surface area contributed by atoms with Gasteiger partial charge in [-0.1, -0.05) is 18.2 Å². The van der Waals surface area contributed by atoms with E-state index < -0.39 is 0 Å². The smallest absolute Gasteiger partial charge is 0.211 e. The number of nitrogens with zero attached hydrogens (tertiary/aromatic N) is 2. The molecule has 0 amide bonds. The van der Waals surface area contributed by atoms with Crippen LogP contribution in [0.1, 0.15) is 0 Å². The highest BCUT2D eigenvalue weighted by Gasteiger charge is 2.05. The SMILES string of the molecule is Oc1cccc(-c2nc3ccccc3[nH]2)n1. The summed E-state index contributed by atoms with van der Waals surface area (Å²) in [5, 5.41) is 9.30. The zero-order chi connectivity index (χ0) is 11.0. The zero-order valence-corrected chi connectivity index (χ0v) is 8.38. The van der Waals surface area contributed by atoms with Crippen molar-refractivity contribution in [2.75, 3.05) is 0 Å². The molecule has 0 saturated heterocycles. The molecule has 1 aromatic carbocycles. The third-order valence-corrected chi connectivity index (χ3v) is 2.37. The van der Waals surface area contributed by atoms with Crippen molar-refractivity contribution in [3.63, 3.8) is 0 Å². The number of hydrogen-bond acceptors (Lipinski definition) is 3. The molecule has 0 saturated carbocycles. The van der Waals surface area contributed by atoms with Gasteiger partial charge >= 0.3 is 0 Å². The summed E-state index contributed by atoms with van der Waals surface area (Å²) in [7, 11) is 0. The Kier molecular flexibility index (Phi) is 1.86. The summed E-state index contributed by atoms with van der Waals surface area (Å²) in [6, 6.07) is 12.8. The zero-order valence-electron chi connectivity index (χ0n) is 8.38. The van der Waals surface area contributed by atoms with Gasteiger partial charge < -0.3 is 10.1 Å². The van der Waals surface area contributed by atoms with Gasteiger partial charge in [-0.15, -0.1) is 0 Å². The standard InChI is InChI=1S/C12H9N3O/c16-11-7-3-6-10(13-11)12-14-8-4-1-2-5-9(8)15-12/h1-7H,(H,13,16)(H,14,15). The van der Waals surface area contributed by atoms with E-state index in [9.17, 15) is 5.11 Å². The molecule has 0 radical (unpaired) electrons. The molecule has 3 rings (SSSR count). The Hall–Kier alpha value is -2.36. The maximum Gasteiger partial charge on any atom is 0.211 e. The minimum absolute atomic E-state index is 0.00189. The molecule has 0 atom stereocenters. The summed E-state index contributed by atoms with van der Waals surface area (Å²) >= 11 is 0. The Morgan fingerprint density at radius 1 is 0.938 bits per heavy atom. The fourth-order valence-corrected chi connectivity index (χ4v) is 1.63. The molecular weight excluding hydrogens is 202 g/mol. The van der Waals surface area contributed by atoms with E-state index in [1.807, 2.05) is 24.3 Å². The molecule has 4 nitrogen and oxygen atoms in total.